The zero-order valence-electron chi connectivity index (χ0n) is 10.9. The van der Waals surface area contributed by atoms with Crippen molar-refractivity contribution in [2.75, 3.05) is 24.6 Å². The molecule has 6 nitrogen and oxygen atoms in total. The molecule has 0 aromatic carbocycles. The molecule has 0 saturated carbocycles. The largest absolute Gasteiger partial charge is 0.396 e. The van der Waals surface area contributed by atoms with E-state index in [-0.39, 0.29) is 12.4 Å². The molecule has 1 saturated heterocycles. The van der Waals surface area contributed by atoms with Gasteiger partial charge in [0.25, 0.3) is 0 Å². The van der Waals surface area contributed by atoms with Crippen molar-refractivity contribution in [3.63, 3.8) is 0 Å². The molecule has 0 atom stereocenters. The summed E-state index contributed by atoms with van der Waals surface area (Å²) in [5.74, 6) is 0.580. The van der Waals surface area contributed by atoms with E-state index in [2.05, 4.69) is 9.88 Å². The number of nitrogens with zero attached hydrogens (tertiary/aromatic N) is 3. The van der Waals surface area contributed by atoms with Gasteiger partial charge in [-0.05, 0) is 47.6 Å². The van der Waals surface area contributed by atoms with Crippen molar-refractivity contribution < 1.29 is 10.0 Å². The molecule has 1 aromatic heterocycles. The number of hydrogen-bond donors (Lipinski definition) is 1. The van der Waals surface area contributed by atoms with Gasteiger partial charge in [-0.2, -0.15) is 0 Å². The Morgan fingerprint density at radius 2 is 2.16 bits per heavy atom. The summed E-state index contributed by atoms with van der Waals surface area (Å²) in [7, 11) is 0. The lowest BCUT2D eigenvalue weighted by Crippen LogP contribution is -2.33. The molecular weight excluding hydrogens is 246 g/mol. The monoisotopic (exact) mass is 265 g/mol. The highest BCUT2D eigenvalue weighted by atomic mass is 16.6. The summed E-state index contributed by atoms with van der Waals surface area (Å²) in [5.41, 5.74) is 0.950. The van der Waals surface area contributed by atoms with E-state index in [1.165, 1.54) is 6.07 Å². The molecule has 2 rings (SSSR count). The standard InChI is InChI=1S/C13H19N3O3/c17-9-1-2-11-5-7-15(8-6-11)12-3-4-13(14-10-12)16(18)19/h3-4,10-11,17H,1-2,5-9H2. The van der Waals surface area contributed by atoms with Gasteiger partial charge < -0.3 is 20.1 Å². The molecule has 0 unspecified atom stereocenters. The van der Waals surface area contributed by atoms with Gasteiger partial charge in [0, 0.05) is 25.8 Å². The number of piperidine rings is 1. The number of aliphatic hydroxyl groups excluding tert-OH is 1. The van der Waals surface area contributed by atoms with Gasteiger partial charge in [0.2, 0.25) is 0 Å². The van der Waals surface area contributed by atoms with Crippen LogP contribution in [-0.4, -0.2) is 34.7 Å². The minimum absolute atomic E-state index is 0.110. The van der Waals surface area contributed by atoms with Gasteiger partial charge in [-0.15, -0.1) is 0 Å². The van der Waals surface area contributed by atoms with E-state index < -0.39 is 4.92 Å². The molecule has 0 bridgehead atoms. The van der Waals surface area contributed by atoms with E-state index in [1.54, 1.807) is 12.3 Å². The van der Waals surface area contributed by atoms with Crippen LogP contribution in [0.3, 0.4) is 0 Å². The summed E-state index contributed by atoms with van der Waals surface area (Å²) in [4.78, 5) is 16.1. The molecule has 0 spiro atoms. The molecule has 1 fully saturated rings. The predicted molar refractivity (Wildman–Crippen MR) is 72.1 cm³/mol. The Balaban J connectivity index is 1.88. The van der Waals surface area contributed by atoms with E-state index in [0.717, 1.165) is 44.5 Å². The second-order valence-electron chi connectivity index (χ2n) is 4.93. The SMILES string of the molecule is O=[N+]([O-])c1ccc(N2CCC(CCCO)CC2)cn1. The molecule has 1 N–H and O–H groups in total. The molecule has 1 aliphatic heterocycles. The van der Waals surface area contributed by atoms with E-state index in [1.807, 2.05) is 0 Å². The van der Waals surface area contributed by atoms with Gasteiger partial charge in [0.1, 0.15) is 0 Å². The Morgan fingerprint density at radius 1 is 1.42 bits per heavy atom. The van der Waals surface area contributed by atoms with Crippen molar-refractivity contribution in [2.24, 2.45) is 5.92 Å². The second-order valence-corrected chi connectivity index (χ2v) is 4.93. The Hall–Kier alpha value is -1.69. The van der Waals surface area contributed by atoms with Crippen LogP contribution in [0.5, 0.6) is 0 Å². The summed E-state index contributed by atoms with van der Waals surface area (Å²) in [6, 6.07) is 3.21. The average Bonchev–Trinajstić information content (AvgIpc) is 2.46. The van der Waals surface area contributed by atoms with Crippen molar-refractivity contribution in [1.29, 1.82) is 0 Å². The molecule has 1 aliphatic rings. The molecule has 6 heteroatoms. The first-order valence-corrected chi connectivity index (χ1v) is 6.67. The first-order valence-electron chi connectivity index (χ1n) is 6.67. The van der Waals surface area contributed by atoms with Crippen LogP contribution >= 0.6 is 0 Å². The topological polar surface area (TPSA) is 79.5 Å². The summed E-state index contributed by atoms with van der Waals surface area (Å²) in [6.45, 7) is 2.18. The molecule has 1 aromatic rings. The average molecular weight is 265 g/mol. The highest BCUT2D eigenvalue weighted by Gasteiger charge is 2.20. The number of nitro groups is 1. The number of aromatic nitrogens is 1. The lowest BCUT2D eigenvalue weighted by molar-refractivity contribution is -0.389. The Morgan fingerprint density at radius 3 is 2.68 bits per heavy atom. The van der Waals surface area contributed by atoms with Gasteiger partial charge in [-0.25, -0.2) is 0 Å². The van der Waals surface area contributed by atoms with Crippen molar-refractivity contribution in [1.82, 2.24) is 4.98 Å². The number of pyridine rings is 1. The van der Waals surface area contributed by atoms with Crippen LogP contribution in [0.25, 0.3) is 0 Å². The van der Waals surface area contributed by atoms with Gasteiger partial charge in [0.05, 0.1) is 5.69 Å². The van der Waals surface area contributed by atoms with Crippen molar-refractivity contribution in [3.05, 3.63) is 28.4 Å². The third-order valence-corrected chi connectivity index (χ3v) is 3.67. The highest BCUT2D eigenvalue weighted by molar-refractivity contribution is 5.46. The van der Waals surface area contributed by atoms with E-state index in [0.29, 0.717) is 5.92 Å². The number of aliphatic hydroxyl groups is 1. The molecule has 2 heterocycles. The summed E-state index contributed by atoms with van der Waals surface area (Å²) in [6.07, 6.45) is 5.76. The first kappa shape index (κ1) is 13.7. The first-order chi connectivity index (χ1) is 9.20. The molecule has 0 radical (unpaired) electrons. The Kier molecular flexibility index (Phi) is 4.68. The smallest absolute Gasteiger partial charge is 0.363 e. The minimum atomic E-state index is -0.481. The summed E-state index contributed by atoms with van der Waals surface area (Å²) in [5, 5.41) is 19.4. The molecule has 0 aliphatic carbocycles. The lowest BCUT2D eigenvalue weighted by atomic mass is 9.92. The zero-order valence-corrected chi connectivity index (χ0v) is 10.9. The predicted octanol–water partition coefficient (Wildman–Crippen LogP) is 1.98. The van der Waals surface area contributed by atoms with Crippen LogP contribution in [0.2, 0.25) is 0 Å². The maximum atomic E-state index is 10.5. The lowest BCUT2D eigenvalue weighted by Gasteiger charge is -2.32. The number of rotatable bonds is 5. The maximum Gasteiger partial charge on any atom is 0.363 e. The quantitative estimate of drug-likeness (QED) is 0.650. The fraction of sp³-hybridized carbons (Fsp3) is 0.615. The van der Waals surface area contributed by atoms with Crippen LogP contribution in [0, 0.1) is 16.0 Å². The van der Waals surface area contributed by atoms with Crippen LogP contribution in [-0.2, 0) is 0 Å². The van der Waals surface area contributed by atoms with Crippen LogP contribution in [0.15, 0.2) is 18.3 Å². The van der Waals surface area contributed by atoms with Crippen molar-refractivity contribution in [3.8, 4) is 0 Å². The molecule has 0 amide bonds. The van der Waals surface area contributed by atoms with Gasteiger partial charge >= 0.3 is 5.82 Å². The van der Waals surface area contributed by atoms with Gasteiger partial charge in [0.15, 0.2) is 6.20 Å². The fourth-order valence-electron chi connectivity index (χ4n) is 2.53. The fourth-order valence-corrected chi connectivity index (χ4v) is 2.53. The third-order valence-electron chi connectivity index (χ3n) is 3.67. The van der Waals surface area contributed by atoms with Crippen LogP contribution in [0.4, 0.5) is 11.5 Å². The number of anilines is 1. The normalized spacial score (nSPS) is 16.6. The summed E-state index contributed by atoms with van der Waals surface area (Å²) >= 11 is 0. The van der Waals surface area contributed by atoms with E-state index >= 15 is 0 Å². The second kappa shape index (κ2) is 6.47. The van der Waals surface area contributed by atoms with Crippen LogP contribution in [0.1, 0.15) is 25.7 Å². The zero-order chi connectivity index (χ0) is 13.7. The third kappa shape index (κ3) is 3.64. The molecule has 104 valence electrons. The Labute approximate surface area is 112 Å². The van der Waals surface area contributed by atoms with Gasteiger partial charge in [-0.3, -0.25) is 0 Å². The number of hydrogen-bond acceptors (Lipinski definition) is 5. The maximum absolute atomic E-state index is 10.5. The molecular formula is C13H19N3O3. The highest BCUT2D eigenvalue weighted by Crippen LogP contribution is 2.26. The van der Waals surface area contributed by atoms with Crippen molar-refractivity contribution >= 4 is 11.5 Å². The molecule has 19 heavy (non-hydrogen) atoms. The Bertz CT molecular complexity index is 414. The van der Waals surface area contributed by atoms with Gasteiger partial charge in [-0.1, -0.05) is 0 Å². The van der Waals surface area contributed by atoms with E-state index in [4.69, 9.17) is 5.11 Å². The van der Waals surface area contributed by atoms with E-state index in [9.17, 15) is 10.1 Å². The minimum Gasteiger partial charge on any atom is -0.396 e. The van der Waals surface area contributed by atoms with Crippen molar-refractivity contribution in [2.45, 2.75) is 25.7 Å². The van der Waals surface area contributed by atoms with Crippen LogP contribution < -0.4 is 4.90 Å². The summed E-state index contributed by atoms with van der Waals surface area (Å²) < 4.78 is 0.